The molecule has 0 saturated heterocycles. The topological polar surface area (TPSA) is 64.4 Å². The first-order chi connectivity index (χ1) is 12.6. The van der Waals surface area contributed by atoms with Gasteiger partial charge in [0.25, 0.3) is 0 Å². The van der Waals surface area contributed by atoms with Crippen LogP contribution in [0.15, 0.2) is 41.3 Å². The van der Waals surface area contributed by atoms with Gasteiger partial charge >= 0.3 is 0 Å². The van der Waals surface area contributed by atoms with Crippen molar-refractivity contribution in [1.82, 2.24) is 9.55 Å². The maximum absolute atomic E-state index is 13.2. The second-order valence-electron chi connectivity index (χ2n) is 6.31. The van der Waals surface area contributed by atoms with E-state index in [1.165, 1.54) is 0 Å². The van der Waals surface area contributed by atoms with E-state index in [1.54, 1.807) is 18.5 Å². The number of Topliss-reactive ketones (excluding diaryl/α,β-unsaturated/α-hetero) is 1. The number of carbonyl (C=O) groups is 1. The van der Waals surface area contributed by atoms with Gasteiger partial charge in [0.2, 0.25) is 0 Å². The lowest BCUT2D eigenvalue weighted by atomic mass is 9.90. The number of pyridine rings is 1. The SMILES string of the molecule is O=C(c1cn(CCO)c2cc(Br)ncc12)C1COc2ccc(Cl)cc2C1. The molecule has 1 atom stereocenters. The number of benzene rings is 1. The van der Waals surface area contributed by atoms with E-state index in [-0.39, 0.29) is 18.3 Å². The van der Waals surface area contributed by atoms with Crippen molar-refractivity contribution >= 4 is 44.2 Å². The third kappa shape index (κ3) is 3.13. The number of nitrogens with zero attached hydrogens (tertiary/aromatic N) is 2. The van der Waals surface area contributed by atoms with E-state index >= 15 is 0 Å². The summed E-state index contributed by atoms with van der Waals surface area (Å²) in [7, 11) is 0. The van der Waals surface area contributed by atoms with Crippen molar-refractivity contribution in [3.63, 3.8) is 0 Å². The standard InChI is InChI=1S/C19H16BrClN2O3/c20-18-7-16-14(8-22-18)15(9-23(16)3-4-24)19(25)12-5-11-6-13(21)1-2-17(11)26-10-12/h1-2,6-9,12,24H,3-5,10H2. The van der Waals surface area contributed by atoms with E-state index in [0.29, 0.717) is 34.8 Å². The third-order valence-corrected chi connectivity index (χ3v) is 5.31. The van der Waals surface area contributed by atoms with Gasteiger partial charge in [0.05, 0.1) is 24.6 Å². The number of aromatic nitrogens is 2. The summed E-state index contributed by atoms with van der Waals surface area (Å²) in [5.74, 6) is 0.519. The molecule has 1 unspecified atom stereocenters. The van der Waals surface area contributed by atoms with Gasteiger partial charge in [0, 0.05) is 34.9 Å². The molecular weight excluding hydrogens is 420 g/mol. The van der Waals surface area contributed by atoms with Crippen LogP contribution in [-0.4, -0.2) is 33.7 Å². The van der Waals surface area contributed by atoms with Crippen LogP contribution in [0.1, 0.15) is 15.9 Å². The highest BCUT2D eigenvalue weighted by molar-refractivity contribution is 9.10. The Balaban J connectivity index is 1.70. The van der Waals surface area contributed by atoms with E-state index in [2.05, 4.69) is 20.9 Å². The van der Waals surface area contributed by atoms with Crippen LogP contribution in [0, 0.1) is 5.92 Å². The van der Waals surface area contributed by atoms with Crippen LogP contribution in [0.2, 0.25) is 5.02 Å². The highest BCUT2D eigenvalue weighted by Crippen LogP contribution is 2.33. The van der Waals surface area contributed by atoms with Crippen LogP contribution in [0.25, 0.3) is 10.9 Å². The number of ether oxygens (including phenoxy) is 1. The Labute approximate surface area is 163 Å². The second-order valence-corrected chi connectivity index (χ2v) is 7.56. The maximum Gasteiger partial charge on any atom is 0.171 e. The van der Waals surface area contributed by atoms with E-state index in [4.69, 9.17) is 16.3 Å². The minimum atomic E-state index is -0.280. The molecule has 0 bridgehead atoms. The molecule has 1 aliphatic rings. The van der Waals surface area contributed by atoms with Crippen molar-refractivity contribution in [3.8, 4) is 5.75 Å². The minimum Gasteiger partial charge on any atom is -0.493 e. The Morgan fingerprint density at radius 2 is 2.27 bits per heavy atom. The van der Waals surface area contributed by atoms with Crippen LogP contribution in [-0.2, 0) is 13.0 Å². The van der Waals surface area contributed by atoms with Crippen molar-refractivity contribution in [2.75, 3.05) is 13.2 Å². The molecule has 0 aliphatic carbocycles. The Hall–Kier alpha value is -1.89. The Morgan fingerprint density at radius 1 is 1.42 bits per heavy atom. The molecule has 3 heterocycles. The zero-order valence-electron chi connectivity index (χ0n) is 13.8. The van der Waals surface area contributed by atoms with Crippen LogP contribution < -0.4 is 4.74 Å². The summed E-state index contributed by atoms with van der Waals surface area (Å²) in [5.41, 5.74) is 2.42. The summed E-state index contributed by atoms with van der Waals surface area (Å²) in [6.07, 6.45) is 4.07. The Bertz CT molecular complexity index is 1000. The fourth-order valence-electron chi connectivity index (χ4n) is 3.40. The normalized spacial score (nSPS) is 16.3. The minimum absolute atomic E-state index is 0.00420. The van der Waals surface area contributed by atoms with Crippen LogP contribution in [0.4, 0.5) is 0 Å². The van der Waals surface area contributed by atoms with Gasteiger partial charge in [-0.1, -0.05) is 11.6 Å². The molecule has 0 spiro atoms. The average molecular weight is 436 g/mol. The number of carbonyl (C=O) groups excluding carboxylic acids is 1. The van der Waals surface area contributed by atoms with Gasteiger partial charge in [-0.3, -0.25) is 4.79 Å². The van der Waals surface area contributed by atoms with E-state index in [1.807, 2.05) is 22.8 Å². The number of hydrogen-bond acceptors (Lipinski definition) is 4. The van der Waals surface area contributed by atoms with Crippen LogP contribution in [0.5, 0.6) is 5.75 Å². The van der Waals surface area contributed by atoms with E-state index in [0.717, 1.165) is 22.2 Å². The first-order valence-electron chi connectivity index (χ1n) is 8.27. The Kier molecular flexibility index (Phi) is 4.73. The maximum atomic E-state index is 13.2. The lowest BCUT2D eigenvalue weighted by Crippen LogP contribution is -2.28. The van der Waals surface area contributed by atoms with Crippen molar-refractivity contribution in [3.05, 3.63) is 57.4 Å². The number of halogens is 2. The smallest absolute Gasteiger partial charge is 0.171 e. The van der Waals surface area contributed by atoms with Gasteiger partial charge in [-0.25, -0.2) is 4.98 Å². The van der Waals surface area contributed by atoms with Crippen molar-refractivity contribution in [1.29, 1.82) is 0 Å². The largest absolute Gasteiger partial charge is 0.493 e. The molecule has 134 valence electrons. The van der Waals surface area contributed by atoms with E-state index in [9.17, 15) is 9.90 Å². The quantitative estimate of drug-likeness (QED) is 0.499. The first-order valence-corrected chi connectivity index (χ1v) is 9.44. The number of ketones is 1. The summed E-state index contributed by atoms with van der Waals surface area (Å²) >= 11 is 9.43. The lowest BCUT2D eigenvalue weighted by molar-refractivity contribution is 0.0856. The lowest BCUT2D eigenvalue weighted by Gasteiger charge is -2.24. The summed E-state index contributed by atoms with van der Waals surface area (Å²) in [6, 6.07) is 7.33. The molecule has 0 amide bonds. The van der Waals surface area contributed by atoms with Gasteiger partial charge in [-0.15, -0.1) is 0 Å². The summed E-state index contributed by atoms with van der Waals surface area (Å²) in [4.78, 5) is 17.4. The molecule has 7 heteroatoms. The molecule has 1 N–H and O–H groups in total. The number of hydrogen-bond donors (Lipinski definition) is 1. The summed E-state index contributed by atoms with van der Waals surface area (Å²) in [6.45, 7) is 0.750. The summed E-state index contributed by atoms with van der Waals surface area (Å²) < 4.78 is 8.33. The molecule has 2 aromatic heterocycles. The number of fused-ring (bicyclic) bond motifs is 2. The molecule has 3 aromatic rings. The zero-order valence-corrected chi connectivity index (χ0v) is 16.1. The highest BCUT2D eigenvalue weighted by atomic mass is 79.9. The number of rotatable bonds is 4. The van der Waals surface area contributed by atoms with Gasteiger partial charge in [0.1, 0.15) is 10.4 Å². The molecule has 5 nitrogen and oxygen atoms in total. The fraction of sp³-hybridized carbons (Fsp3) is 0.263. The summed E-state index contributed by atoms with van der Waals surface area (Å²) in [5, 5.41) is 10.7. The predicted octanol–water partition coefficient (Wildman–Crippen LogP) is 3.88. The predicted molar refractivity (Wildman–Crippen MR) is 103 cm³/mol. The van der Waals surface area contributed by atoms with Gasteiger partial charge in [-0.2, -0.15) is 0 Å². The van der Waals surface area contributed by atoms with Crippen molar-refractivity contribution in [2.24, 2.45) is 5.92 Å². The molecule has 4 rings (SSSR count). The average Bonchev–Trinajstić information content (AvgIpc) is 2.98. The monoisotopic (exact) mass is 434 g/mol. The molecule has 0 saturated carbocycles. The molecule has 0 fully saturated rings. The molecule has 26 heavy (non-hydrogen) atoms. The Morgan fingerprint density at radius 3 is 3.08 bits per heavy atom. The first kappa shape index (κ1) is 17.5. The second kappa shape index (κ2) is 7.02. The van der Waals surface area contributed by atoms with Crippen molar-refractivity contribution < 1.29 is 14.6 Å². The fourth-order valence-corrected chi connectivity index (χ4v) is 3.91. The molecule has 1 aromatic carbocycles. The highest BCUT2D eigenvalue weighted by Gasteiger charge is 2.29. The van der Waals surface area contributed by atoms with Crippen LogP contribution >= 0.6 is 27.5 Å². The van der Waals surface area contributed by atoms with Gasteiger partial charge in [-0.05, 0) is 52.2 Å². The van der Waals surface area contributed by atoms with Crippen LogP contribution in [0.3, 0.4) is 0 Å². The third-order valence-electron chi connectivity index (χ3n) is 4.64. The van der Waals surface area contributed by atoms with Gasteiger partial charge < -0.3 is 14.4 Å². The zero-order chi connectivity index (χ0) is 18.3. The van der Waals surface area contributed by atoms with Gasteiger partial charge in [0.15, 0.2) is 5.78 Å². The number of aliphatic hydroxyl groups excluding tert-OH is 1. The molecular formula is C19H16BrClN2O3. The van der Waals surface area contributed by atoms with Crippen molar-refractivity contribution in [2.45, 2.75) is 13.0 Å². The van der Waals surface area contributed by atoms with E-state index < -0.39 is 0 Å². The molecule has 1 aliphatic heterocycles. The molecule has 0 radical (unpaired) electrons. The number of aliphatic hydroxyl groups is 1.